The second-order valence-corrected chi connectivity index (χ2v) is 7.76. The van der Waals surface area contributed by atoms with Crippen LogP contribution in [-0.4, -0.2) is 17.6 Å². The van der Waals surface area contributed by atoms with Gasteiger partial charge in [-0.2, -0.15) is 0 Å². The van der Waals surface area contributed by atoms with Gasteiger partial charge in [0.2, 0.25) is 0 Å². The molecular formula is C21H31NO2. The molecule has 1 aromatic heterocycles. The van der Waals surface area contributed by atoms with Gasteiger partial charge in [-0.05, 0) is 56.1 Å². The van der Waals surface area contributed by atoms with Crippen molar-refractivity contribution in [2.45, 2.75) is 59.8 Å². The van der Waals surface area contributed by atoms with E-state index in [2.05, 4.69) is 44.8 Å². The number of carbonyl (C=O) groups excluding carboxylic acids is 1. The average molecular weight is 329 g/mol. The fourth-order valence-corrected chi connectivity index (χ4v) is 3.39. The Labute approximate surface area is 146 Å². The van der Waals surface area contributed by atoms with E-state index in [0.29, 0.717) is 12.5 Å². The number of aromatic nitrogens is 1. The van der Waals surface area contributed by atoms with Crippen molar-refractivity contribution < 1.29 is 9.53 Å². The summed E-state index contributed by atoms with van der Waals surface area (Å²) in [6.07, 6.45) is 11.4. The molecule has 1 fully saturated rings. The van der Waals surface area contributed by atoms with Crippen molar-refractivity contribution >= 4 is 5.97 Å². The largest absolute Gasteiger partial charge is 0.465 e. The van der Waals surface area contributed by atoms with Crippen molar-refractivity contribution in [2.75, 3.05) is 6.61 Å². The third-order valence-corrected chi connectivity index (χ3v) is 5.00. The van der Waals surface area contributed by atoms with Gasteiger partial charge in [0.1, 0.15) is 0 Å². The van der Waals surface area contributed by atoms with Crippen LogP contribution in [0.5, 0.6) is 0 Å². The highest BCUT2D eigenvalue weighted by atomic mass is 16.5. The van der Waals surface area contributed by atoms with Crippen LogP contribution in [-0.2, 0) is 16.0 Å². The molecule has 0 aliphatic heterocycles. The highest BCUT2D eigenvalue weighted by Gasteiger charge is 2.61. The summed E-state index contributed by atoms with van der Waals surface area (Å²) in [6, 6.07) is 4.10. The molecule has 1 heterocycles. The summed E-state index contributed by atoms with van der Waals surface area (Å²) in [4.78, 5) is 16.4. The second kappa shape index (κ2) is 8.46. The Morgan fingerprint density at radius 3 is 2.67 bits per heavy atom. The quantitative estimate of drug-likeness (QED) is 0.365. The van der Waals surface area contributed by atoms with Gasteiger partial charge in [-0.3, -0.25) is 9.78 Å². The van der Waals surface area contributed by atoms with Crippen LogP contribution in [0.25, 0.3) is 0 Å². The zero-order valence-corrected chi connectivity index (χ0v) is 15.5. The minimum absolute atomic E-state index is 0.0159. The number of carbonyl (C=O) groups is 1. The minimum Gasteiger partial charge on any atom is -0.465 e. The van der Waals surface area contributed by atoms with Crippen LogP contribution >= 0.6 is 0 Å². The number of allylic oxidation sites excluding steroid dienone is 2. The predicted octanol–water partition coefficient (Wildman–Crippen LogP) is 4.97. The fraction of sp³-hybridized carbons (Fsp3) is 0.619. The van der Waals surface area contributed by atoms with Crippen LogP contribution in [0.3, 0.4) is 0 Å². The molecule has 1 saturated carbocycles. The molecular weight excluding hydrogens is 298 g/mol. The second-order valence-electron chi connectivity index (χ2n) is 7.76. The zero-order chi connectivity index (χ0) is 17.6. The third-order valence-electron chi connectivity index (χ3n) is 5.00. The van der Waals surface area contributed by atoms with Crippen molar-refractivity contribution in [3.8, 4) is 0 Å². The van der Waals surface area contributed by atoms with Crippen molar-refractivity contribution in [1.82, 2.24) is 4.98 Å². The van der Waals surface area contributed by atoms with E-state index in [-0.39, 0.29) is 17.3 Å². The van der Waals surface area contributed by atoms with Gasteiger partial charge in [0.15, 0.2) is 0 Å². The molecule has 0 spiro atoms. The Balaban J connectivity index is 1.56. The van der Waals surface area contributed by atoms with E-state index in [0.717, 1.165) is 25.7 Å². The number of rotatable bonds is 9. The molecule has 0 radical (unpaired) electrons. The molecule has 3 heteroatoms. The lowest BCUT2D eigenvalue weighted by molar-refractivity contribution is -0.146. The van der Waals surface area contributed by atoms with Crippen LogP contribution in [0.4, 0.5) is 0 Å². The standard InChI is InChI=1S/C21H31NO2/c1-16(2)14-18-19(21(18,3)4)20(23)24-13-8-6-5-7-10-17-11-9-12-22-15-17/h9,11-12,14-15,18-19H,5-8,10,13H2,1-4H3. The topological polar surface area (TPSA) is 39.2 Å². The summed E-state index contributed by atoms with van der Waals surface area (Å²) in [6.45, 7) is 9.04. The number of hydrogen-bond acceptors (Lipinski definition) is 3. The number of ether oxygens (including phenoxy) is 1. The Kier molecular flexibility index (Phi) is 6.59. The molecule has 24 heavy (non-hydrogen) atoms. The minimum atomic E-state index is -0.0159. The lowest BCUT2D eigenvalue weighted by Crippen LogP contribution is -2.11. The maximum Gasteiger partial charge on any atom is 0.310 e. The Hall–Kier alpha value is -1.64. The van der Waals surface area contributed by atoms with Gasteiger partial charge < -0.3 is 4.74 Å². The van der Waals surface area contributed by atoms with E-state index < -0.39 is 0 Å². The maximum absolute atomic E-state index is 12.2. The van der Waals surface area contributed by atoms with E-state index in [1.807, 2.05) is 12.3 Å². The number of nitrogens with zero attached hydrogens (tertiary/aromatic N) is 1. The molecule has 2 unspecified atom stereocenters. The number of esters is 1. The highest BCUT2D eigenvalue weighted by Crippen LogP contribution is 2.59. The molecule has 132 valence electrons. The van der Waals surface area contributed by atoms with E-state index in [4.69, 9.17) is 4.74 Å². The molecule has 2 atom stereocenters. The molecule has 0 aromatic carbocycles. The van der Waals surface area contributed by atoms with Crippen LogP contribution in [0, 0.1) is 17.3 Å². The van der Waals surface area contributed by atoms with Crippen LogP contribution < -0.4 is 0 Å². The lowest BCUT2D eigenvalue weighted by Gasteiger charge is -2.06. The molecule has 1 aromatic rings. The molecule has 0 bridgehead atoms. The Bertz CT molecular complexity index is 558. The van der Waals surface area contributed by atoms with Gasteiger partial charge in [0.05, 0.1) is 12.5 Å². The molecule has 0 amide bonds. The van der Waals surface area contributed by atoms with Crippen molar-refractivity contribution in [3.63, 3.8) is 0 Å². The average Bonchev–Trinajstić information content (AvgIpc) is 3.07. The first-order chi connectivity index (χ1) is 11.4. The predicted molar refractivity (Wildman–Crippen MR) is 97.6 cm³/mol. The van der Waals surface area contributed by atoms with E-state index in [1.54, 1.807) is 6.20 Å². The van der Waals surface area contributed by atoms with Gasteiger partial charge in [-0.1, -0.05) is 44.4 Å². The maximum atomic E-state index is 12.2. The number of unbranched alkanes of at least 4 members (excludes halogenated alkanes) is 3. The molecule has 0 saturated heterocycles. The van der Waals surface area contributed by atoms with Crippen molar-refractivity contribution in [3.05, 3.63) is 41.7 Å². The highest BCUT2D eigenvalue weighted by molar-refractivity contribution is 5.78. The van der Waals surface area contributed by atoms with Crippen molar-refractivity contribution in [1.29, 1.82) is 0 Å². The normalized spacial score (nSPS) is 21.2. The fourth-order valence-electron chi connectivity index (χ4n) is 3.39. The third kappa shape index (κ3) is 5.19. The monoisotopic (exact) mass is 329 g/mol. The zero-order valence-electron chi connectivity index (χ0n) is 15.5. The molecule has 3 nitrogen and oxygen atoms in total. The van der Waals surface area contributed by atoms with Crippen molar-refractivity contribution in [2.24, 2.45) is 17.3 Å². The number of hydrogen-bond donors (Lipinski definition) is 0. The van der Waals surface area contributed by atoms with Gasteiger partial charge in [0, 0.05) is 12.4 Å². The summed E-state index contributed by atoms with van der Waals surface area (Å²) < 4.78 is 5.50. The van der Waals surface area contributed by atoms with Gasteiger partial charge in [-0.15, -0.1) is 0 Å². The SMILES string of the molecule is CC(C)=CC1C(C(=O)OCCCCCCc2cccnc2)C1(C)C. The summed E-state index contributed by atoms with van der Waals surface area (Å²) in [5.74, 6) is 0.366. The van der Waals surface area contributed by atoms with E-state index in [9.17, 15) is 4.79 Å². The van der Waals surface area contributed by atoms with Gasteiger partial charge in [-0.25, -0.2) is 0 Å². The van der Waals surface area contributed by atoms with E-state index in [1.165, 1.54) is 17.6 Å². The summed E-state index contributed by atoms with van der Waals surface area (Å²) in [5.41, 5.74) is 2.63. The molecule has 2 rings (SSSR count). The van der Waals surface area contributed by atoms with Gasteiger partial charge >= 0.3 is 5.97 Å². The van der Waals surface area contributed by atoms with Crippen LogP contribution in [0.15, 0.2) is 36.2 Å². The Morgan fingerprint density at radius 1 is 1.25 bits per heavy atom. The van der Waals surface area contributed by atoms with Crippen LogP contribution in [0.2, 0.25) is 0 Å². The first kappa shape index (κ1) is 18.7. The lowest BCUT2D eigenvalue weighted by atomic mass is 10.1. The van der Waals surface area contributed by atoms with E-state index >= 15 is 0 Å². The molecule has 1 aliphatic rings. The number of pyridine rings is 1. The summed E-state index contributed by atoms with van der Waals surface area (Å²) >= 11 is 0. The Morgan fingerprint density at radius 2 is 2.00 bits per heavy atom. The first-order valence-electron chi connectivity index (χ1n) is 9.13. The molecule has 1 aliphatic carbocycles. The smallest absolute Gasteiger partial charge is 0.310 e. The first-order valence-corrected chi connectivity index (χ1v) is 9.13. The van der Waals surface area contributed by atoms with Crippen LogP contribution in [0.1, 0.15) is 58.9 Å². The van der Waals surface area contributed by atoms with Gasteiger partial charge in [0.25, 0.3) is 0 Å². The summed E-state index contributed by atoms with van der Waals surface area (Å²) in [7, 11) is 0. The number of aryl methyl sites for hydroxylation is 1. The molecule has 0 N–H and O–H groups in total. The summed E-state index contributed by atoms with van der Waals surface area (Å²) in [5, 5.41) is 0.